The third kappa shape index (κ3) is 13.5. The molecule has 7 heteroatoms. The summed E-state index contributed by atoms with van der Waals surface area (Å²) in [6.07, 6.45) is 13.8. The highest BCUT2D eigenvalue weighted by molar-refractivity contribution is 5.51. The van der Waals surface area contributed by atoms with Gasteiger partial charge in [-0.3, -0.25) is 10.1 Å². The number of nitrogens with zero attached hydrogens (tertiary/aromatic N) is 1. The molecule has 0 aromatic heterocycles. The highest BCUT2D eigenvalue weighted by atomic mass is 16.6. The van der Waals surface area contributed by atoms with Crippen LogP contribution in [0.2, 0.25) is 0 Å². The summed E-state index contributed by atoms with van der Waals surface area (Å²) in [5.74, 6) is 0.440. The van der Waals surface area contributed by atoms with Gasteiger partial charge in [0.15, 0.2) is 0 Å². The summed E-state index contributed by atoms with van der Waals surface area (Å²) in [5, 5.41) is 29.1. The summed E-state index contributed by atoms with van der Waals surface area (Å²) in [7, 11) is 0. The number of aliphatic hydroxyl groups is 2. The van der Waals surface area contributed by atoms with E-state index in [-0.39, 0.29) is 29.9 Å². The zero-order valence-corrected chi connectivity index (χ0v) is 20.4. The van der Waals surface area contributed by atoms with Crippen LogP contribution in [-0.2, 0) is 9.47 Å². The van der Waals surface area contributed by atoms with Gasteiger partial charge in [0.05, 0.1) is 30.8 Å². The Balaban J connectivity index is 2.52. The Morgan fingerprint density at radius 3 is 2.21 bits per heavy atom. The summed E-state index contributed by atoms with van der Waals surface area (Å²) in [4.78, 5) is 10.5. The van der Waals surface area contributed by atoms with Crippen molar-refractivity contribution in [3.05, 3.63) is 46.0 Å². The molecule has 1 aromatic rings. The van der Waals surface area contributed by atoms with Crippen LogP contribution in [0.3, 0.4) is 0 Å². The molecule has 0 saturated carbocycles. The Kier molecular flexibility index (Phi) is 16.5. The molecule has 0 saturated heterocycles. The van der Waals surface area contributed by atoms with Crippen molar-refractivity contribution < 1.29 is 24.6 Å². The van der Waals surface area contributed by atoms with Crippen LogP contribution in [0, 0.1) is 16.0 Å². The highest BCUT2D eigenvalue weighted by Gasteiger charge is 2.13. The zero-order valence-electron chi connectivity index (χ0n) is 20.4. The molecule has 33 heavy (non-hydrogen) atoms. The minimum Gasteiger partial charge on any atom is -0.394 e. The summed E-state index contributed by atoms with van der Waals surface area (Å²) in [5.41, 5.74) is 1.08. The van der Waals surface area contributed by atoms with E-state index in [2.05, 4.69) is 19.1 Å². The number of ether oxygens (including phenoxy) is 2. The lowest BCUT2D eigenvalue weighted by Gasteiger charge is -2.20. The molecule has 0 aliphatic heterocycles. The molecule has 2 atom stereocenters. The van der Waals surface area contributed by atoms with Gasteiger partial charge in [-0.15, -0.1) is 0 Å². The molecule has 188 valence electrons. The van der Waals surface area contributed by atoms with Crippen molar-refractivity contribution in [3.8, 4) is 0 Å². The van der Waals surface area contributed by atoms with Crippen LogP contribution in [-0.4, -0.2) is 53.8 Å². The van der Waals surface area contributed by atoms with Gasteiger partial charge in [-0.05, 0) is 49.3 Å². The van der Waals surface area contributed by atoms with E-state index in [1.54, 1.807) is 24.3 Å². The molecule has 1 rings (SSSR count). The molecule has 7 nitrogen and oxygen atoms in total. The van der Waals surface area contributed by atoms with Gasteiger partial charge in [0.25, 0.3) is 5.69 Å². The van der Waals surface area contributed by atoms with Gasteiger partial charge in [-0.25, -0.2) is 0 Å². The number of rotatable bonds is 20. The quantitative estimate of drug-likeness (QED) is 0.149. The molecule has 0 aliphatic rings. The molecule has 0 bridgehead atoms. The van der Waals surface area contributed by atoms with Gasteiger partial charge >= 0.3 is 0 Å². The second-order valence-corrected chi connectivity index (χ2v) is 8.53. The Hall–Kier alpha value is -1.80. The number of unbranched alkanes of at least 4 members (excludes halogenated alkanes) is 4. The fraction of sp³-hybridized carbons (Fsp3) is 0.692. The first-order valence-electron chi connectivity index (χ1n) is 12.4. The molecule has 0 radical (unpaired) electrons. The minimum absolute atomic E-state index is 0.0475. The maximum absolute atomic E-state index is 10.8. The van der Waals surface area contributed by atoms with Gasteiger partial charge in [0, 0.05) is 18.7 Å². The van der Waals surface area contributed by atoms with Crippen LogP contribution < -0.4 is 0 Å². The van der Waals surface area contributed by atoms with Crippen molar-refractivity contribution in [1.29, 1.82) is 0 Å². The lowest BCUT2D eigenvalue weighted by molar-refractivity contribution is -0.384. The third-order valence-corrected chi connectivity index (χ3v) is 5.80. The van der Waals surface area contributed by atoms with Crippen molar-refractivity contribution in [2.75, 3.05) is 26.4 Å². The van der Waals surface area contributed by atoms with Crippen molar-refractivity contribution in [3.63, 3.8) is 0 Å². The number of nitro groups is 1. The molecular formula is C26H43NO6. The van der Waals surface area contributed by atoms with Gasteiger partial charge in [0.2, 0.25) is 0 Å². The van der Waals surface area contributed by atoms with Crippen molar-refractivity contribution >= 4 is 11.8 Å². The molecule has 2 unspecified atom stereocenters. The van der Waals surface area contributed by atoms with Crippen LogP contribution in [0.5, 0.6) is 0 Å². The molecular weight excluding hydrogens is 422 g/mol. The topological polar surface area (TPSA) is 102 Å². The fourth-order valence-electron chi connectivity index (χ4n) is 3.59. The summed E-state index contributed by atoms with van der Waals surface area (Å²) < 4.78 is 11.5. The first-order valence-corrected chi connectivity index (χ1v) is 12.4. The Morgan fingerprint density at radius 1 is 0.939 bits per heavy atom. The molecule has 0 fully saturated rings. The number of nitro benzene ring substituents is 1. The van der Waals surface area contributed by atoms with Gasteiger partial charge < -0.3 is 19.7 Å². The normalized spacial score (nSPS) is 13.6. The maximum Gasteiger partial charge on any atom is 0.269 e. The average Bonchev–Trinajstić information content (AvgIpc) is 2.83. The van der Waals surface area contributed by atoms with Crippen LogP contribution in [0.15, 0.2) is 30.3 Å². The zero-order chi connectivity index (χ0) is 24.3. The molecule has 0 spiro atoms. The average molecular weight is 466 g/mol. The standard InChI is InChI=1S/C26H43NO6/c1-3-5-6-7-8-10-22(12-13-23-14-16-24(17-15-23)27(30)31)11-9-18-32-25(4-2)21-33-26(19-28)20-29/h12-17,22,25-26,28-29H,3-11,18-21H2,1-2H3/b13-12+. The maximum atomic E-state index is 10.8. The highest BCUT2D eigenvalue weighted by Crippen LogP contribution is 2.21. The second-order valence-electron chi connectivity index (χ2n) is 8.53. The molecule has 1 aromatic carbocycles. The Morgan fingerprint density at radius 2 is 1.61 bits per heavy atom. The van der Waals surface area contributed by atoms with Crippen LogP contribution in [0.25, 0.3) is 6.08 Å². The van der Waals surface area contributed by atoms with Crippen LogP contribution >= 0.6 is 0 Å². The van der Waals surface area contributed by atoms with Crippen molar-refractivity contribution in [1.82, 2.24) is 0 Å². The number of non-ortho nitro benzene ring substituents is 1. The predicted molar refractivity (Wildman–Crippen MR) is 132 cm³/mol. The number of aliphatic hydroxyl groups excluding tert-OH is 2. The summed E-state index contributed by atoms with van der Waals surface area (Å²) >= 11 is 0. The summed E-state index contributed by atoms with van der Waals surface area (Å²) in [6, 6.07) is 6.65. The Labute approximate surface area is 199 Å². The minimum atomic E-state index is -0.552. The lowest BCUT2D eigenvalue weighted by atomic mass is 9.94. The predicted octanol–water partition coefficient (Wildman–Crippen LogP) is 5.53. The van der Waals surface area contributed by atoms with E-state index in [9.17, 15) is 10.1 Å². The second kappa shape index (κ2) is 18.6. The van der Waals surface area contributed by atoms with Crippen LogP contribution in [0.1, 0.15) is 77.2 Å². The number of benzene rings is 1. The van der Waals surface area contributed by atoms with E-state index in [0.29, 0.717) is 19.1 Å². The van der Waals surface area contributed by atoms with Gasteiger partial charge in [-0.2, -0.15) is 0 Å². The van der Waals surface area contributed by atoms with E-state index in [1.807, 2.05) is 6.92 Å². The molecule has 0 heterocycles. The lowest BCUT2D eigenvalue weighted by Crippen LogP contribution is -2.28. The largest absolute Gasteiger partial charge is 0.394 e. The van der Waals surface area contributed by atoms with Crippen molar-refractivity contribution in [2.45, 2.75) is 83.8 Å². The molecule has 0 aliphatic carbocycles. The number of hydrogen-bond donors (Lipinski definition) is 2. The first kappa shape index (κ1) is 29.2. The van der Waals surface area contributed by atoms with E-state index >= 15 is 0 Å². The third-order valence-electron chi connectivity index (χ3n) is 5.80. The molecule has 0 amide bonds. The van der Waals surface area contributed by atoms with Crippen molar-refractivity contribution in [2.24, 2.45) is 5.92 Å². The smallest absolute Gasteiger partial charge is 0.269 e. The van der Waals surface area contributed by atoms with E-state index < -0.39 is 6.10 Å². The van der Waals surface area contributed by atoms with Gasteiger partial charge in [-0.1, -0.05) is 58.1 Å². The first-order chi connectivity index (χ1) is 16.0. The van der Waals surface area contributed by atoms with Gasteiger partial charge in [0.1, 0.15) is 6.10 Å². The Bertz CT molecular complexity index is 645. The number of allylic oxidation sites excluding steroid dienone is 1. The fourth-order valence-corrected chi connectivity index (χ4v) is 3.59. The summed E-state index contributed by atoms with van der Waals surface area (Å²) in [6.45, 7) is 4.86. The monoisotopic (exact) mass is 465 g/mol. The number of hydrogen-bond acceptors (Lipinski definition) is 6. The van der Waals surface area contributed by atoms with Crippen LogP contribution in [0.4, 0.5) is 5.69 Å². The SMILES string of the molecule is CCCCCCCC(/C=C/c1ccc([N+](=O)[O-])cc1)CCCOC(CC)COC(CO)CO. The van der Waals surface area contributed by atoms with E-state index in [0.717, 1.165) is 31.2 Å². The molecule has 2 N–H and O–H groups in total. The van der Waals surface area contributed by atoms with E-state index in [1.165, 1.54) is 32.1 Å². The van der Waals surface area contributed by atoms with E-state index in [4.69, 9.17) is 19.7 Å².